The first-order valence-corrected chi connectivity index (χ1v) is 9.77. The van der Waals surface area contributed by atoms with Gasteiger partial charge in [-0.2, -0.15) is 0 Å². The number of carbonyl (C=O) groups is 1. The van der Waals surface area contributed by atoms with Crippen molar-refractivity contribution >= 4 is 6.29 Å². The number of carbonyl (C=O) groups excluding carboxylic acids is 1. The monoisotopic (exact) mass is 394 g/mol. The molecular formula is C27H22O3. The zero-order chi connectivity index (χ0) is 20.8. The summed E-state index contributed by atoms with van der Waals surface area (Å²) in [5, 5.41) is 0. The van der Waals surface area contributed by atoms with E-state index in [1.807, 2.05) is 54.6 Å². The van der Waals surface area contributed by atoms with E-state index in [1.54, 1.807) is 25.3 Å². The van der Waals surface area contributed by atoms with Gasteiger partial charge in [-0.1, -0.05) is 91.0 Å². The van der Waals surface area contributed by atoms with Gasteiger partial charge in [0.2, 0.25) is 0 Å². The van der Waals surface area contributed by atoms with E-state index < -0.39 is 5.60 Å². The molecule has 0 aliphatic heterocycles. The Morgan fingerprint density at radius 3 is 1.50 bits per heavy atom. The van der Waals surface area contributed by atoms with E-state index in [0.29, 0.717) is 17.1 Å². The Kier molecular flexibility index (Phi) is 5.62. The molecule has 4 rings (SSSR count). The zero-order valence-electron chi connectivity index (χ0n) is 16.7. The molecule has 0 fully saturated rings. The van der Waals surface area contributed by atoms with Gasteiger partial charge in [0.25, 0.3) is 0 Å². The lowest BCUT2D eigenvalue weighted by atomic mass is 9.80. The minimum absolute atomic E-state index is 0.499. The largest absolute Gasteiger partial charge is 0.493 e. The highest BCUT2D eigenvalue weighted by Crippen LogP contribution is 2.43. The van der Waals surface area contributed by atoms with Crippen LogP contribution < -0.4 is 9.47 Å². The smallest absolute Gasteiger partial charge is 0.184 e. The predicted octanol–water partition coefficient (Wildman–Crippen LogP) is 5.88. The van der Waals surface area contributed by atoms with Crippen LogP contribution in [0.15, 0.2) is 109 Å². The average Bonchev–Trinajstić information content (AvgIpc) is 2.84. The van der Waals surface area contributed by atoms with Gasteiger partial charge in [0.05, 0.1) is 7.11 Å². The quantitative estimate of drug-likeness (QED) is 0.290. The van der Waals surface area contributed by atoms with Crippen LogP contribution >= 0.6 is 0 Å². The number of ether oxygens (including phenoxy) is 2. The van der Waals surface area contributed by atoms with Crippen LogP contribution in [0.25, 0.3) is 0 Å². The second-order valence-corrected chi connectivity index (χ2v) is 6.91. The van der Waals surface area contributed by atoms with Gasteiger partial charge in [-0.15, -0.1) is 0 Å². The normalized spacial score (nSPS) is 11.0. The predicted molar refractivity (Wildman–Crippen MR) is 118 cm³/mol. The number of hydrogen-bond donors (Lipinski definition) is 0. The molecule has 0 aromatic heterocycles. The van der Waals surface area contributed by atoms with Crippen molar-refractivity contribution < 1.29 is 14.3 Å². The summed E-state index contributed by atoms with van der Waals surface area (Å²) >= 11 is 0. The highest BCUT2D eigenvalue weighted by atomic mass is 16.5. The van der Waals surface area contributed by atoms with Crippen LogP contribution in [-0.4, -0.2) is 13.4 Å². The number of aldehydes is 1. The fourth-order valence-corrected chi connectivity index (χ4v) is 3.71. The lowest BCUT2D eigenvalue weighted by Gasteiger charge is -2.36. The second-order valence-electron chi connectivity index (χ2n) is 6.91. The molecule has 0 aliphatic rings. The molecule has 0 heterocycles. The Morgan fingerprint density at radius 2 is 1.10 bits per heavy atom. The molecule has 0 spiro atoms. The summed E-state index contributed by atoms with van der Waals surface area (Å²) in [6, 6.07) is 35.4. The molecular weight excluding hydrogens is 372 g/mol. The van der Waals surface area contributed by atoms with Gasteiger partial charge in [0, 0.05) is 22.3 Å². The molecule has 0 N–H and O–H groups in total. The van der Waals surface area contributed by atoms with Crippen molar-refractivity contribution in [2.45, 2.75) is 5.60 Å². The number of benzene rings is 4. The second kappa shape index (κ2) is 8.66. The molecule has 0 saturated carbocycles. The van der Waals surface area contributed by atoms with E-state index in [2.05, 4.69) is 36.4 Å². The van der Waals surface area contributed by atoms with Crippen molar-refractivity contribution in [3.05, 3.63) is 131 Å². The van der Waals surface area contributed by atoms with Crippen molar-refractivity contribution in [1.29, 1.82) is 0 Å². The molecule has 0 amide bonds. The van der Waals surface area contributed by atoms with Crippen LogP contribution in [0.5, 0.6) is 11.5 Å². The van der Waals surface area contributed by atoms with Crippen molar-refractivity contribution in [2.75, 3.05) is 7.11 Å². The molecule has 3 heteroatoms. The summed E-state index contributed by atoms with van der Waals surface area (Å²) < 4.78 is 12.4. The maximum Gasteiger partial charge on any atom is 0.184 e. The standard InChI is InChI=1S/C27H22O3/c1-29-25-18-17-21(20-28)19-26(25)30-27(22-11-5-2-6-12-22,23-13-7-3-8-14-23)24-15-9-4-10-16-24/h2-20H,1H3. The Hall–Kier alpha value is -3.85. The minimum Gasteiger partial charge on any atom is -0.493 e. The first-order chi connectivity index (χ1) is 14.8. The van der Waals surface area contributed by atoms with Crippen LogP contribution in [0, 0.1) is 0 Å². The maximum atomic E-state index is 11.4. The zero-order valence-corrected chi connectivity index (χ0v) is 16.7. The van der Waals surface area contributed by atoms with E-state index >= 15 is 0 Å². The molecule has 148 valence electrons. The van der Waals surface area contributed by atoms with Gasteiger partial charge in [-0.3, -0.25) is 4.79 Å². The molecule has 4 aromatic carbocycles. The minimum atomic E-state index is -0.932. The van der Waals surface area contributed by atoms with Crippen LogP contribution in [0.3, 0.4) is 0 Å². The van der Waals surface area contributed by atoms with Crippen molar-refractivity contribution in [3.63, 3.8) is 0 Å². The van der Waals surface area contributed by atoms with Crippen LogP contribution in [0.4, 0.5) is 0 Å². The highest BCUT2D eigenvalue weighted by molar-refractivity contribution is 5.76. The first-order valence-electron chi connectivity index (χ1n) is 9.77. The van der Waals surface area contributed by atoms with Crippen LogP contribution in [0.1, 0.15) is 27.0 Å². The topological polar surface area (TPSA) is 35.5 Å². The Labute approximate surface area is 176 Å². The molecule has 3 nitrogen and oxygen atoms in total. The van der Waals surface area contributed by atoms with Crippen LogP contribution in [-0.2, 0) is 5.60 Å². The van der Waals surface area contributed by atoms with Crippen molar-refractivity contribution in [3.8, 4) is 11.5 Å². The lowest BCUT2D eigenvalue weighted by molar-refractivity contribution is 0.112. The van der Waals surface area contributed by atoms with Gasteiger partial charge < -0.3 is 9.47 Å². The molecule has 0 aliphatic carbocycles. The van der Waals surface area contributed by atoms with E-state index in [4.69, 9.17) is 9.47 Å². The van der Waals surface area contributed by atoms with Gasteiger partial charge in [0.1, 0.15) is 6.29 Å². The van der Waals surface area contributed by atoms with Crippen molar-refractivity contribution in [2.24, 2.45) is 0 Å². The first kappa shape index (κ1) is 19.5. The van der Waals surface area contributed by atoms with Crippen LogP contribution in [0.2, 0.25) is 0 Å². The summed E-state index contributed by atoms with van der Waals surface area (Å²) in [5.74, 6) is 1.06. The van der Waals surface area contributed by atoms with Gasteiger partial charge in [-0.25, -0.2) is 0 Å². The number of rotatable bonds is 7. The van der Waals surface area contributed by atoms with Gasteiger partial charge in [-0.05, 0) is 18.2 Å². The summed E-state index contributed by atoms with van der Waals surface area (Å²) in [7, 11) is 1.60. The van der Waals surface area contributed by atoms with E-state index in [-0.39, 0.29) is 0 Å². The summed E-state index contributed by atoms with van der Waals surface area (Å²) in [6.07, 6.45) is 0.807. The summed E-state index contributed by atoms with van der Waals surface area (Å²) in [6.45, 7) is 0. The van der Waals surface area contributed by atoms with E-state index in [1.165, 1.54) is 0 Å². The Balaban J connectivity index is 2.02. The van der Waals surface area contributed by atoms with E-state index in [9.17, 15) is 4.79 Å². The summed E-state index contributed by atoms with van der Waals surface area (Å²) in [4.78, 5) is 11.4. The third kappa shape index (κ3) is 3.58. The molecule has 0 atom stereocenters. The Bertz CT molecular complexity index is 1010. The maximum absolute atomic E-state index is 11.4. The third-order valence-corrected chi connectivity index (χ3v) is 5.13. The number of methoxy groups -OCH3 is 1. The lowest BCUT2D eigenvalue weighted by Crippen LogP contribution is -2.36. The van der Waals surface area contributed by atoms with E-state index in [0.717, 1.165) is 23.0 Å². The Morgan fingerprint density at radius 1 is 0.633 bits per heavy atom. The fraction of sp³-hybridized carbons (Fsp3) is 0.0741. The molecule has 4 aromatic rings. The molecule has 0 radical (unpaired) electrons. The van der Waals surface area contributed by atoms with Gasteiger partial charge in [0.15, 0.2) is 17.1 Å². The fourth-order valence-electron chi connectivity index (χ4n) is 3.71. The molecule has 0 saturated heterocycles. The molecule has 30 heavy (non-hydrogen) atoms. The molecule has 0 bridgehead atoms. The van der Waals surface area contributed by atoms with Crippen molar-refractivity contribution in [1.82, 2.24) is 0 Å². The number of hydrogen-bond acceptors (Lipinski definition) is 3. The SMILES string of the molecule is COc1ccc(C=O)cc1OC(c1ccccc1)(c1ccccc1)c1ccccc1. The average molecular weight is 394 g/mol. The van der Waals surface area contributed by atoms with Gasteiger partial charge >= 0.3 is 0 Å². The molecule has 0 unspecified atom stereocenters. The third-order valence-electron chi connectivity index (χ3n) is 5.13. The summed E-state index contributed by atoms with van der Waals surface area (Å²) in [5.41, 5.74) is 2.51. The highest BCUT2D eigenvalue weighted by Gasteiger charge is 2.39.